The molecule has 0 aliphatic carbocycles. The number of fused-ring (bicyclic) bond motifs is 5. The number of ether oxygens (including phenoxy) is 9. The fraction of sp³-hybridized carbons (Fsp3) is 0.420. The summed E-state index contributed by atoms with van der Waals surface area (Å²) in [4.78, 5) is 198. The van der Waals surface area contributed by atoms with E-state index in [1.54, 1.807) is 18.2 Å². The molecular formula is C81H92N27O31P5S5. The van der Waals surface area contributed by atoms with E-state index in [1.807, 2.05) is 60.7 Å². The van der Waals surface area contributed by atoms with Crippen molar-refractivity contribution in [3.8, 4) is 11.5 Å². The third-order valence-electron chi connectivity index (χ3n) is 24.7. The first-order chi connectivity index (χ1) is 71.2. The molecule has 0 bridgehead atoms. The van der Waals surface area contributed by atoms with Gasteiger partial charge in [0.2, 0.25) is 23.8 Å². The summed E-state index contributed by atoms with van der Waals surface area (Å²) in [7, 11) is 0. The highest BCUT2D eigenvalue weighted by molar-refractivity contribution is 8.08. The Morgan fingerprint density at radius 2 is 0.685 bits per heavy atom. The van der Waals surface area contributed by atoms with Crippen LogP contribution in [0, 0.1) is 6.92 Å². The average Bonchev–Trinajstić information content (AvgIpc) is 1.63. The van der Waals surface area contributed by atoms with Gasteiger partial charge in [0, 0.05) is 50.3 Å². The van der Waals surface area contributed by atoms with Gasteiger partial charge >= 0.3 is 39.3 Å². The van der Waals surface area contributed by atoms with Gasteiger partial charge in [-0.3, -0.25) is 76.3 Å². The summed E-state index contributed by atoms with van der Waals surface area (Å²) in [5.74, 6) is -0.190. The molecule has 0 amide bonds. The van der Waals surface area contributed by atoms with Crippen molar-refractivity contribution in [3.63, 3.8) is 0 Å². The topological polar surface area (TPSA) is 780 Å². The Bertz CT molecular complexity index is 8030. The number of nitrogens with two attached hydrogens (primary N) is 5. The first-order valence-electron chi connectivity index (χ1n) is 45.3. The van der Waals surface area contributed by atoms with Gasteiger partial charge in [0.05, 0.1) is 115 Å². The molecule has 6 fully saturated rings. The maximum Gasteiger partial charge on any atom is 0.330 e. The van der Waals surface area contributed by atoms with Gasteiger partial charge in [0.1, 0.15) is 99.0 Å². The van der Waals surface area contributed by atoms with E-state index in [-0.39, 0.29) is 156 Å². The van der Waals surface area contributed by atoms with Crippen LogP contribution in [0.3, 0.4) is 0 Å². The van der Waals surface area contributed by atoms with Crippen LogP contribution in [0.5, 0.6) is 11.5 Å². The number of hydrogen-bond donors (Lipinski definition) is 16. The molecule has 792 valence electrons. The number of nitrogens with zero attached hydrogens (tertiary/aromatic N) is 17. The summed E-state index contributed by atoms with van der Waals surface area (Å²) in [6.45, 7) is -24.9. The van der Waals surface area contributed by atoms with Crippen LogP contribution in [0.4, 0.5) is 29.6 Å². The second-order valence-corrected chi connectivity index (χ2v) is 48.8. The van der Waals surface area contributed by atoms with Crippen LogP contribution in [0.25, 0.3) is 55.8 Å². The van der Waals surface area contributed by atoms with Gasteiger partial charge in [-0.2, -0.15) is 19.9 Å². The van der Waals surface area contributed by atoms with E-state index < -0.39 is 211 Å². The molecule has 14 aromatic rings. The number of rotatable bonds is 41. The SMILES string of the molecule is Cc1cn(C2CC(OP(O)(=S)OCC3OC(n4cnc5c(=O)[nH]c(N)nc54)CC3OP(O)(=S)OCC3OC(n4cnc5c(=O)[nH]c(N)nc54)CC3OP(O)(=S)OCC3OC(n4cnc5c(=O)[nH]c(N)nc54)CC3OP(O)(=S)OCC3OC(n4cnc5c(N)ncnc54)CC3OP(O)(=S)OCC3OC(n4cnc5c(=O)[nH]c(N)nc54)CC3O)C(COCc3ccc(OCc4ccccc4)c(OCc4ccccc4)c3)O2)c(=O)[nH]c1=O. The molecule has 0 spiro atoms. The molecule has 6 saturated heterocycles. The molecule has 0 saturated carbocycles. The Morgan fingerprint density at radius 1 is 0.362 bits per heavy atom. The summed E-state index contributed by atoms with van der Waals surface area (Å²) in [5, 5.41) is 11.2. The number of aryl methyl sites for hydroxylation is 1. The summed E-state index contributed by atoms with van der Waals surface area (Å²) in [5.41, 5.74) is 28.3. The fourth-order valence-electron chi connectivity index (χ4n) is 17.7. The molecule has 17 heterocycles. The zero-order valence-electron chi connectivity index (χ0n) is 77.2. The van der Waals surface area contributed by atoms with Crippen molar-refractivity contribution in [2.24, 2.45) is 0 Å². The molecule has 23 atom stereocenters. The highest BCUT2D eigenvalue weighted by Crippen LogP contribution is 2.58. The number of aromatic nitrogens is 22. The molecule has 58 nitrogen and oxygen atoms in total. The number of imidazole rings is 5. The van der Waals surface area contributed by atoms with Gasteiger partial charge < -0.3 is 146 Å². The average molecular weight is 2250 g/mol. The first kappa shape index (κ1) is 105. The third kappa shape index (κ3) is 23.9. The van der Waals surface area contributed by atoms with Gasteiger partial charge in [-0.15, -0.1) is 0 Å². The van der Waals surface area contributed by atoms with Crippen LogP contribution in [-0.2, 0) is 157 Å². The molecule has 23 unspecified atom stereocenters. The van der Waals surface area contributed by atoms with Crippen molar-refractivity contribution in [3.05, 3.63) is 208 Å². The zero-order valence-corrected chi connectivity index (χ0v) is 85.8. The lowest BCUT2D eigenvalue weighted by molar-refractivity contribution is -0.0676. The van der Waals surface area contributed by atoms with E-state index >= 15 is 0 Å². The lowest BCUT2D eigenvalue weighted by Crippen LogP contribution is -2.33. The maximum absolute atomic E-state index is 13.5. The van der Waals surface area contributed by atoms with Crippen molar-refractivity contribution in [1.82, 2.24) is 107 Å². The highest BCUT2D eigenvalue weighted by atomic mass is 32.5. The summed E-state index contributed by atoms with van der Waals surface area (Å²) >= 11 is 28.6. The van der Waals surface area contributed by atoms with E-state index in [0.717, 1.165) is 15.7 Å². The van der Waals surface area contributed by atoms with Crippen LogP contribution in [-0.4, -0.2) is 250 Å². The van der Waals surface area contributed by atoms with Crippen molar-refractivity contribution >= 4 is 178 Å². The van der Waals surface area contributed by atoms with Crippen molar-refractivity contribution < 1.29 is 117 Å². The van der Waals surface area contributed by atoms with E-state index in [1.165, 1.54) is 73.9 Å². The molecule has 0 radical (unpaired) electrons. The summed E-state index contributed by atoms with van der Waals surface area (Å²) < 4.78 is 127. The molecular weight excluding hydrogens is 2160 g/mol. The van der Waals surface area contributed by atoms with Crippen molar-refractivity contribution in [2.75, 3.05) is 68.3 Å². The number of anilines is 5. The Kier molecular flexibility index (Phi) is 30.7. The molecule has 3 aromatic carbocycles. The van der Waals surface area contributed by atoms with E-state index in [9.17, 15) is 58.3 Å². The van der Waals surface area contributed by atoms with Crippen LogP contribution < -0.4 is 71.6 Å². The maximum atomic E-state index is 13.5. The number of H-pyrrole nitrogens is 5. The second kappa shape index (κ2) is 43.4. The number of aliphatic hydroxyl groups is 1. The molecule has 6 aliphatic heterocycles. The largest absolute Gasteiger partial charge is 0.485 e. The molecule has 68 heteroatoms. The van der Waals surface area contributed by atoms with E-state index in [2.05, 4.69) is 79.7 Å². The lowest BCUT2D eigenvalue weighted by Gasteiger charge is -2.28. The Balaban J connectivity index is 0.526. The molecule has 6 aliphatic rings. The predicted octanol–water partition coefficient (Wildman–Crippen LogP) is 2.68. The minimum atomic E-state index is -4.74. The third-order valence-corrected chi connectivity index (χ3v) is 32.6. The number of benzene rings is 3. The molecule has 149 heavy (non-hydrogen) atoms. The normalized spacial score (nSPS) is 26.2. The Morgan fingerprint density at radius 3 is 1.06 bits per heavy atom. The summed E-state index contributed by atoms with van der Waals surface area (Å²) in [6.07, 6.45) is -15.1. The van der Waals surface area contributed by atoms with Crippen molar-refractivity contribution in [1.29, 1.82) is 0 Å². The van der Waals surface area contributed by atoms with Crippen LogP contribution >= 0.6 is 33.6 Å². The van der Waals surface area contributed by atoms with Crippen LogP contribution in [0.15, 0.2) is 152 Å². The van der Waals surface area contributed by atoms with Gasteiger partial charge in [0.25, 0.3) is 27.8 Å². The van der Waals surface area contributed by atoms with Crippen LogP contribution in [0.2, 0.25) is 0 Å². The number of nitrogen functional groups attached to an aromatic ring is 5. The van der Waals surface area contributed by atoms with Gasteiger partial charge in [-0.05, 0) is 94.8 Å². The zero-order chi connectivity index (χ0) is 104. The quantitative estimate of drug-likeness (QED) is 0.0245. The number of nitrogens with one attached hydrogen (secondary N) is 5. The highest BCUT2D eigenvalue weighted by Gasteiger charge is 2.51. The number of aromatic amines is 5. The smallest absolute Gasteiger partial charge is 0.330 e. The fourth-order valence-corrected chi connectivity index (χ4v) is 25.0. The molecule has 20 rings (SSSR count). The minimum absolute atomic E-state index is 0.0314. The van der Waals surface area contributed by atoms with E-state index in [0.29, 0.717) is 17.1 Å². The number of hydrogen-bond acceptors (Lipinski definition) is 47. The monoisotopic (exact) mass is 2250 g/mol. The predicted molar refractivity (Wildman–Crippen MR) is 537 cm³/mol. The summed E-state index contributed by atoms with van der Waals surface area (Å²) in [6, 6.07) is 24.4. The Hall–Kier alpha value is -10.8. The van der Waals surface area contributed by atoms with Gasteiger partial charge in [-0.1, -0.05) is 66.7 Å². The second-order valence-electron chi connectivity index (χ2n) is 34.8. The van der Waals surface area contributed by atoms with Gasteiger partial charge in [0.15, 0.2) is 67.6 Å². The minimum Gasteiger partial charge on any atom is -0.485 e. The molecule has 11 aromatic heterocycles. The van der Waals surface area contributed by atoms with Crippen LogP contribution in [0.1, 0.15) is 98.1 Å². The van der Waals surface area contributed by atoms with Crippen molar-refractivity contribution in [2.45, 2.75) is 176 Å². The first-order valence-corrected chi connectivity index (χ1v) is 58.2. The lowest BCUT2D eigenvalue weighted by atomic mass is 10.2. The molecule has 21 N–H and O–H groups in total. The standard InChI is InChI=1S/C81H92N27O31P5S5/c1-37-21-103(81(115)102-72(37)110)56-16-44(50(130-56)25-121-22-40-12-13-42(122-23-38-8-4-2-5-9-38)43(14-40)123-24-39-10-6-3-7-11-39)135-141(117,146)125-28-52-46(18-58(132-52)106-34-91-63-69(106)95-78(84)99-74(63)112)138-143(119,148)127-30-54-48(20-60(134-54)108-36-93-65-71(108)97-80(86)101-76(65)114)139-144(120,149)128-29-53-47(19-59(133-53)107-35-92-64-70(107)96-79(85)100-75(64)113)137-142(118,147)126-27-51-45(17-57(131-51)104-32-89-61-66(82)87-31-88-67(61)104)136-140(116,145)124-26-49-41(109)15-55(129-49)105-33-90-62-68(105)94-77(83)98-73(62)111/h2-14,21,31-36,41,44-60,109H,15-20,22-30H2,1H3,(H,116,145)(H,117,146)(H,118,147)(H,119,148)(H,120,149)(H2,82,87,88)(H,102,110,115)(H3,83,94,98,111)(H3,84,95,99,112)(H3,85,96,100,113)(H3,86,97,101,114). The Labute approximate surface area is 860 Å². The van der Waals surface area contributed by atoms with E-state index in [4.69, 9.17) is 176 Å². The number of aliphatic hydroxyl groups excluding tert-OH is 1. The van der Waals surface area contributed by atoms with Gasteiger partial charge in [-0.25, -0.2) is 39.7 Å².